The molecule has 0 spiro atoms. The summed E-state index contributed by atoms with van der Waals surface area (Å²) < 4.78 is 0. The molecule has 0 saturated carbocycles. The van der Waals surface area contributed by atoms with E-state index < -0.39 is 0 Å². The van der Waals surface area contributed by atoms with Crippen molar-refractivity contribution in [1.29, 1.82) is 0 Å². The van der Waals surface area contributed by atoms with Gasteiger partial charge < -0.3 is 10.3 Å². The van der Waals surface area contributed by atoms with E-state index in [1.54, 1.807) is 11.6 Å². The van der Waals surface area contributed by atoms with Crippen LogP contribution in [0.25, 0.3) is 10.9 Å². The van der Waals surface area contributed by atoms with Crippen LogP contribution < -0.4 is 5.32 Å². The number of H-pyrrole nitrogens is 1. The third-order valence-electron chi connectivity index (χ3n) is 2.98. The molecule has 100 valence electrons. The molecule has 2 heterocycles. The van der Waals surface area contributed by atoms with E-state index in [9.17, 15) is 9.59 Å². The summed E-state index contributed by atoms with van der Waals surface area (Å²) in [4.78, 5) is 30.2. The first-order chi connectivity index (χ1) is 9.78. The van der Waals surface area contributed by atoms with Crippen molar-refractivity contribution in [3.05, 3.63) is 47.1 Å². The second-order valence-electron chi connectivity index (χ2n) is 4.24. The Hall–Kier alpha value is -2.47. The van der Waals surface area contributed by atoms with Gasteiger partial charge in [0.15, 0.2) is 11.4 Å². The molecule has 3 aromatic rings. The average Bonchev–Trinajstić information content (AvgIpc) is 3.07. The highest BCUT2D eigenvalue weighted by Gasteiger charge is 2.14. The minimum atomic E-state index is -0.187. The summed E-state index contributed by atoms with van der Waals surface area (Å²) in [7, 11) is 0. The zero-order valence-corrected chi connectivity index (χ0v) is 11.2. The van der Waals surface area contributed by atoms with Crippen LogP contribution in [0.2, 0.25) is 0 Å². The van der Waals surface area contributed by atoms with E-state index in [0.717, 1.165) is 17.2 Å². The van der Waals surface area contributed by atoms with E-state index in [0.29, 0.717) is 16.4 Å². The summed E-state index contributed by atoms with van der Waals surface area (Å²) in [5.74, 6) is -0.187. The smallest absolute Gasteiger partial charge is 0.230 e. The van der Waals surface area contributed by atoms with E-state index in [2.05, 4.69) is 15.3 Å². The van der Waals surface area contributed by atoms with Crippen molar-refractivity contribution >= 4 is 39.6 Å². The Morgan fingerprint density at radius 3 is 3.00 bits per heavy atom. The summed E-state index contributed by atoms with van der Waals surface area (Å²) >= 11 is 1.36. The van der Waals surface area contributed by atoms with Crippen molar-refractivity contribution in [3.8, 4) is 0 Å². The van der Waals surface area contributed by atoms with Gasteiger partial charge >= 0.3 is 0 Å². The van der Waals surface area contributed by atoms with Crippen molar-refractivity contribution in [2.75, 3.05) is 5.32 Å². The third kappa shape index (κ3) is 2.33. The monoisotopic (exact) mass is 285 g/mol. The zero-order valence-electron chi connectivity index (χ0n) is 10.4. The zero-order chi connectivity index (χ0) is 13.9. The maximum Gasteiger partial charge on any atom is 0.230 e. The first-order valence-electron chi connectivity index (χ1n) is 6.02. The van der Waals surface area contributed by atoms with Crippen LogP contribution in [-0.2, 0) is 11.2 Å². The number of aromatic nitrogens is 2. The maximum absolute atomic E-state index is 12.0. The fourth-order valence-corrected chi connectivity index (χ4v) is 2.67. The van der Waals surface area contributed by atoms with Gasteiger partial charge in [-0.05, 0) is 11.6 Å². The van der Waals surface area contributed by atoms with E-state index in [1.165, 1.54) is 11.3 Å². The predicted molar refractivity (Wildman–Crippen MR) is 78.1 cm³/mol. The number of aldehydes is 1. The van der Waals surface area contributed by atoms with E-state index in [-0.39, 0.29) is 12.3 Å². The SMILES string of the molecule is O=Cc1[nH]c2ccccc2c1CC(=O)Nc1nccs1. The van der Waals surface area contributed by atoms with Crippen LogP contribution in [0, 0.1) is 0 Å². The van der Waals surface area contributed by atoms with Crippen LogP contribution in [0.5, 0.6) is 0 Å². The van der Waals surface area contributed by atoms with Gasteiger partial charge in [-0.2, -0.15) is 0 Å². The summed E-state index contributed by atoms with van der Waals surface area (Å²) in [5.41, 5.74) is 2.01. The highest BCUT2D eigenvalue weighted by Crippen LogP contribution is 2.22. The second-order valence-corrected chi connectivity index (χ2v) is 5.14. The standard InChI is InChI=1S/C14H11N3O2S/c18-8-12-10(9-3-1-2-4-11(9)16-12)7-13(19)17-14-15-5-6-20-14/h1-6,8,16H,7H2,(H,15,17,19). The number of hydrogen-bond donors (Lipinski definition) is 2. The number of aromatic amines is 1. The molecule has 0 atom stereocenters. The van der Waals surface area contributed by atoms with Crippen molar-refractivity contribution in [2.45, 2.75) is 6.42 Å². The number of benzene rings is 1. The minimum Gasteiger partial charge on any atom is -0.352 e. The molecule has 0 radical (unpaired) electrons. The Morgan fingerprint density at radius 2 is 2.25 bits per heavy atom. The van der Waals surface area contributed by atoms with Crippen LogP contribution in [0.15, 0.2) is 35.8 Å². The van der Waals surface area contributed by atoms with Crippen LogP contribution in [-0.4, -0.2) is 22.2 Å². The fourth-order valence-electron chi connectivity index (χ4n) is 2.12. The normalized spacial score (nSPS) is 10.6. The number of thiazole rings is 1. The highest BCUT2D eigenvalue weighted by atomic mass is 32.1. The molecule has 0 bridgehead atoms. The first-order valence-corrected chi connectivity index (χ1v) is 6.90. The molecule has 1 aromatic carbocycles. The molecule has 0 aliphatic carbocycles. The summed E-state index contributed by atoms with van der Waals surface area (Å²) in [6.07, 6.45) is 2.51. The summed E-state index contributed by atoms with van der Waals surface area (Å²) in [6, 6.07) is 7.54. The number of carbonyl (C=O) groups excluding carboxylic acids is 2. The van der Waals surface area contributed by atoms with Crippen molar-refractivity contribution in [1.82, 2.24) is 9.97 Å². The molecule has 0 saturated heterocycles. The molecule has 1 amide bonds. The van der Waals surface area contributed by atoms with Crippen LogP contribution >= 0.6 is 11.3 Å². The fraction of sp³-hybridized carbons (Fsp3) is 0.0714. The number of fused-ring (bicyclic) bond motifs is 1. The molecule has 20 heavy (non-hydrogen) atoms. The lowest BCUT2D eigenvalue weighted by molar-refractivity contribution is -0.115. The lowest BCUT2D eigenvalue weighted by Gasteiger charge is -2.02. The van der Waals surface area contributed by atoms with Gasteiger partial charge in [0.1, 0.15) is 0 Å². The molecule has 0 aliphatic rings. The van der Waals surface area contributed by atoms with Gasteiger partial charge in [0.2, 0.25) is 5.91 Å². The number of para-hydroxylation sites is 1. The number of rotatable bonds is 4. The van der Waals surface area contributed by atoms with Crippen molar-refractivity contribution < 1.29 is 9.59 Å². The van der Waals surface area contributed by atoms with Gasteiger partial charge in [-0.25, -0.2) is 4.98 Å². The molecule has 2 N–H and O–H groups in total. The number of amides is 1. The Bertz CT molecular complexity index is 762. The highest BCUT2D eigenvalue weighted by molar-refractivity contribution is 7.13. The number of carbonyl (C=O) groups is 2. The topological polar surface area (TPSA) is 74.8 Å². The quantitative estimate of drug-likeness (QED) is 0.724. The molecule has 0 aliphatic heterocycles. The Labute approximate surface area is 118 Å². The van der Waals surface area contributed by atoms with Gasteiger partial charge in [0.05, 0.1) is 12.1 Å². The number of anilines is 1. The first kappa shape index (κ1) is 12.6. The van der Waals surface area contributed by atoms with E-state index in [4.69, 9.17) is 0 Å². The van der Waals surface area contributed by atoms with Crippen LogP contribution in [0.4, 0.5) is 5.13 Å². The molecule has 6 heteroatoms. The van der Waals surface area contributed by atoms with E-state index >= 15 is 0 Å². The maximum atomic E-state index is 12.0. The van der Waals surface area contributed by atoms with Crippen LogP contribution in [0.3, 0.4) is 0 Å². The van der Waals surface area contributed by atoms with Crippen LogP contribution in [0.1, 0.15) is 16.1 Å². The molecule has 5 nitrogen and oxygen atoms in total. The van der Waals surface area contributed by atoms with Crippen molar-refractivity contribution in [3.63, 3.8) is 0 Å². The van der Waals surface area contributed by atoms with Gasteiger partial charge in [-0.15, -0.1) is 11.3 Å². The minimum absolute atomic E-state index is 0.137. The average molecular weight is 285 g/mol. The predicted octanol–water partition coefficient (Wildman–Crippen LogP) is 2.62. The van der Waals surface area contributed by atoms with Gasteiger partial charge in [-0.1, -0.05) is 18.2 Å². The molecular formula is C14H11N3O2S. The van der Waals surface area contributed by atoms with Gasteiger partial charge in [0.25, 0.3) is 0 Å². The number of hydrogen-bond acceptors (Lipinski definition) is 4. The number of nitrogens with zero attached hydrogens (tertiary/aromatic N) is 1. The largest absolute Gasteiger partial charge is 0.352 e. The molecule has 2 aromatic heterocycles. The third-order valence-corrected chi connectivity index (χ3v) is 3.67. The second kappa shape index (κ2) is 5.26. The Morgan fingerprint density at radius 1 is 1.40 bits per heavy atom. The van der Waals surface area contributed by atoms with E-state index in [1.807, 2.05) is 24.3 Å². The lowest BCUT2D eigenvalue weighted by atomic mass is 10.1. The summed E-state index contributed by atoms with van der Waals surface area (Å²) in [6.45, 7) is 0. The van der Waals surface area contributed by atoms with Crippen molar-refractivity contribution in [2.24, 2.45) is 0 Å². The number of nitrogens with one attached hydrogen (secondary N) is 2. The Kier molecular flexibility index (Phi) is 3.30. The molecular weight excluding hydrogens is 274 g/mol. The van der Waals surface area contributed by atoms with Gasteiger partial charge in [-0.3, -0.25) is 9.59 Å². The summed E-state index contributed by atoms with van der Waals surface area (Å²) in [5, 5.41) is 5.96. The molecule has 3 rings (SSSR count). The van der Waals surface area contributed by atoms with Gasteiger partial charge in [0, 0.05) is 22.5 Å². The molecule has 0 unspecified atom stereocenters. The lowest BCUT2D eigenvalue weighted by Crippen LogP contribution is -2.14. The molecule has 0 fully saturated rings. The Balaban J connectivity index is 1.89.